The van der Waals surface area contributed by atoms with Crippen LogP contribution in [0.4, 0.5) is 0 Å². The van der Waals surface area contributed by atoms with Crippen molar-refractivity contribution in [1.29, 1.82) is 0 Å². The molecule has 24 heavy (non-hydrogen) atoms. The first-order valence-electron chi connectivity index (χ1n) is 9.14. The van der Waals surface area contributed by atoms with Gasteiger partial charge < -0.3 is 14.9 Å². The van der Waals surface area contributed by atoms with E-state index in [2.05, 4.69) is 24.8 Å². The molecule has 2 aliphatic rings. The Bertz CT molecular complexity index is 618. The molecule has 4 heteroatoms. The van der Waals surface area contributed by atoms with Gasteiger partial charge in [-0.05, 0) is 44.2 Å². The lowest BCUT2D eigenvalue weighted by Gasteiger charge is -2.29. The second-order valence-electron chi connectivity index (χ2n) is 7.05. The molecule has 1 atom stereocenters. The van der Waals surface area contributed by atoms with Crippen molar-refractivity contribution in [2.75, 3.05) is 26.3 Å². The fraction of sp³-hybridized carbons (Fsp3) is 0.600. The highest BCUT2D eigenvalue weighted by molar-refractivity contribution is 5.56. The predicted octanol–water partition coefficient (Wildman–Crippen LogP) is 3.71. The second kappa shape index (κ2) is 7.58. The summed E-state index contributed by atoms with van der Waals surface area (Å²) in [5, 5.41) is 21.6. The van der Waals surface area contributed by atoms with E-state index in [-0.39, 0.29) is 11.7 Å². The number of phenolic OH excluding ortho intramolecular Hbond substituents is 2. The molecule has 1 fully saturated rings. The van der Waals surface area contributed by atoms with Gasteiger partial charge in [0.25, 0.3) is 0 Å². The molecule has 132 valence electrons. The third kappa shape index (κ3) is 3.60. The maximum absolute atomic E-state index is 11.0. The third-order valence-corrected chi connectivity index (χ3v) is 5.32. The van der Waals surface area contributed by atoms with Crippen LogP contribution < -0.4 is 0 Å². The summed E-state index contributed by atoms with van der Waals surface area (Å²) in [6.07, 6.45) is 6.23. The van der Waals surface area contributed by atoms with Crippen molar-refractivity contribution in [1.82, 2.24) is 4.90 Å². The van der Waals surface area contributed by atoms with Gasteiger partial charge in [-0.1, -0.05) is 18.6 Å². The maximum Gasteiger partial charge on any atom is 0.127 e. The highest BCUT2D eigenvalue weighted by Gasteiger charge is 2.25. The van der Waals surface area contributed by atoms with E-state index in [0.717, 1.165) is 75.2 Å². The Morgan fingerprint density at radius 2 is 2.00 bits per heavy atom. The van der Waals surface area contributed by atoms with Gasteiger partial charge in [0.15, 0.2) is 0 Å². The Morgan fingerprint density at radius 3 is 2.67 bits per heavy atom. The SMILES string of the molecule is CCc1cc(O)c(C2C=C(C)CCC2)c(O)c1CN1CCOCC1. The van der Waals surface area contributed by atoms with Gasteiger partial charge in [-0.3, -0.25) is 4.90 Å². The summed E-state index contributed by atoms with van der Waals surface area (Å²) in [6, 6.07) is 1.86. The number of phenols is 2. The maximum atomic E-state index is 11.0. The van der Waals surface area contributed by atoms with Crippen LogP contribution in [0.3, 0.4) is 0 Å². The Balaban J connectivity index is 1.97. The van der Waals surface area contributed by atoms with Gasteiger partial charge in [-0.15, -0.1) is 0 Å². The van der Waals surface area contributed by atoms with Crippen LogP contribution in [0.1, 0.15) is 55.7 Å². The number of aromatic hydroxyl groups is 2. The van der Waals surface area contributed by atoms with Gasteiger partial charge in [0.05, 0.1) is 13.2 Å². The normalized spacial score (nSPS) is 22.4. The molecule has 1 heterocycles. The molecule has 0 aromatic heterocycles. The summed E-state index contributed by atoms with van der Waals surface area (Å²) in [5.74, 6) is 0.661. The van der Waals surface area contributed by atoms with Gasteiger partial charge in [-0.2, -0.15) is 0 Å². The van der Waals surface area contributed by atoms with Crippen LogP contribution in [-0.4, -0.2) is 41.4 Å². The minimum atomic E-state index is 0.119. The molecule has 0 bridgehead atoms. The molecule has 1 aromatic rings. The monoisotopic (exact) mass is 331 g/mol. The van der Waals surface area contributed by atoms with E-state index in [1.807, 2.05) is 6.07 Å². The Hall–Kier alpha value is -1.52. The number of nitrogens with zero attached hydrogens (tertiary/aromatic N) is 1. The molecule has 0 spiro atoms. The average Bonchev–Trinajstić information content (AvgIpc) is 2.58. The molecule has 1 aliphatic carbocycles. The van der Waals surface area contributed by atoms with Crippen LogP contribution in [0, 0.1) is 0 Å². The Morgan fingerprint density at radius 1 is 1.25 bits per heavy atom. The molecular weight excluding hydrogens is 302 g/mol. The number of benzene rings is 1. The smallest absolute Gasteiger partial charge is 0.127 e. The summed E-state index contributed by atoms with van der Waals surface area (Å²) in [6.45, 7) is 8.20. The number of ether oxygens (including phenoxy) is 1. The highest BCUT2D eigenvalue weighted by Crippen LogP contribution is 2.44. The molecule has 1 aliphatic heterocycles. The fourth-order valence-corrected chi connectivity index (χ4v) is 3.94. The van der Waals surface area contributed by atoms with Gasteiger partial charge in [0, 0.05) is 36.7 Å². The molecule has 3 rings (SSSR count). The minimum Gasteiger partial charge on any atom is -0.507 e. The van der Waals surface area contributed by atoms with Crippen molar-refractivity contribution >= 4 is 0 Å². The van der Waals surface area contributed by atoms with Crippen LogP contribution >= 0.6 is 0 Å². The van der Waals surface area contributed by atoms with Crippen molar-refractivity contribution < 1.29 is 14.9 Å². The van der Waals surface area contributed by atoms with Crippen molar-refractivity contribution in [3.63, 3.8) is 0 Å². The molecule has 1 saturated heterocycles. The first-order chi connectivity index (χ1) is 11.6. The van der Waals surface area contributed by atoms with E-state index in [0.29, 0.717) is 5.75 Å². The Labute approximate surface area is 144 Å². The van der Waals surface area contributed by atoms with Crippen LogP contribution in [0.2, 0.25) is 0 Å². The molecule has 0 amide bonds. The molecule has 1 aromatic carbocycles. The lowest BCUT2D eigenvalue weighted by atomic mass is 9.83. The van der Waals surface area contributed by atoms with E-state index in [9.17, 15) is 10.2 Å². The number of rotatable bonds is 4. The quantitative estimate of drug-likeness (QED) is 0.826. The number of hydrogen-bond acceptors (Lipinski definition) is 4. The minimum absolute atomic E-state index is 0.119. The second-order valence-corrected chi connectivity index (χ2v) is 7.05. The molecule has 1 unspecified atom stereocenters. The van der Waals surface area contributed by atoms with Crippen LogP contribution in [0.15, 0.2) is 17.7 Å². The van der Waals surface area contributed by atoms with E-state index in [1.165, 1.54) is 5.57 Å². The zero-order valence-corrected chi connectivity index (χ0v) is 14.8. The summed E-state index contributed by atoms with van der Waals surface area (Å²) in [4.78, 5) is 2.32. The number of aryl methyl sites for hydroxylation is 1. The van der Waals surface area contributed by atoms with E-state index >= 15 is 0 Å². The standard InChI is InChI=1S/C20H29NO3/c1-3-15-12-18(22)19(16-6-4-5-14(2)11-16)20(23)17(15)13-21-7-9-24-10-8-21/h11-12,16,22-23H,3-10,13H2,1-2H3. The number of hydrogen-bond donors (Lipinski definition) is 2. The van der Waals surface area contributed by atoms with Gasteiger partial charge in [0.1, 0.15) is 11.5 Å². The van der Waals surface area contributed by atoms with Crippen molar-refractivity contribution in [2.45, 2.75) is 52.0 Å². The lowest BCUT2D eigenvalue weighted by molar-refractivity contribution is 0.0337. The number of allylic oxidation sites excluding steroid dienone is 2. The van der Waals surface area contributed by atoms with E-state index < -0.39 is 0 Å². The zero-order chi connectivity index (χ0) is 17.1. The predicted molar refractivity (Wildman–Crippen MR) is 95.6 cm³/mol. The third-order valence-electron chi connectivity index (χ3n) is 5.32. The first kappa shape index (κ1) is 17.3. The van der Waals surface area contributed by atoms with Crippen LogP contribution in [0.25, 0.3) is 0 Å². The summed E-state index contributed by atoms with van der Waals surface area (Å²) in [5.41, 5.74) is 4.08. The van der Waals surface area contributed by atoms with Crippen LogP contribution in [0.5, 0.6) is 11.5 Å². The summed E-state index contributed by atoms with van der Waals surface area (Å²) >= 11 is 0. The average molecular weight is 331 g/mol. The summed E-state index contributed by atoms with van der Waals surface area (Å²) in [7, 11) is 0. The van der Waals surface area contributed by atoms with Crippen LogP contribution in [-0.2, 0) is 17.7 Å². The number of morpholine rings is 1. The fourth-order valence-electron chi connectivity index (χ4n) is 3.94. The van der Waals surface area contributed by atoms with Crippen molar-refractivity contribution in [3.8, 4) is 11.5 Å². The van der Waals surface area contributed by atoms with E-state index in [4.69, 9.17) is 4.74 Å². The molecule has 4 nitrogen and oxygen atoms in total. The van der Waals surface area contributed by atoms with E-state index in [1.54, 1.807) is 0 Å². The summed E-state index contributed by atoms with van der Waals surface area (Å²) < 4.78 is 5.42. The molecule has 0 saturated carbocycles. The van der Waals surface area contributed by atoms with Crippen molar-refractivity contribution in [3.05, 3.63) is 34.4 Å². The van der Waals surface area contributed by atoms with Gasteiger partial charge >= 0.3 is 0 Å². The van der Waals surface area contributed by atoms with Crippen molar-refractivity contribution in [2.24, 2.45) is 0 Å². The molecule has 2 N–H and O–H groups in total. The lowest BCUT2D eigenvalue weighted by Crippen LogP contribution is -2.36. The largest absolute Gasteiger partial charge is 0.507 e. The van der Waals surface area contributed by atoms with Gasteiger partial charge in [-0.25, -0.2) is 0 Å². The Kier molecular flexibility index (Phi) is 5.47. The van der Waals surface area contributed by atoms with Gasteiger partial charge in [0.2, 0.25) is 0 Å². The topological polar surface area (TPSA) is 52.9 Å². The first-order valence-corrected chi connectivity index (χ1v) is 9.14. The highest BCUT2D eigenvalue weighted by atomic mass is 16.5. The molecular formula is C20H29NO3. The molecule has 0 radical (unpaired) electrons. The zero-order valence-electron chi connectivity index (χ0n) is 14.8.